The molecule has 1 N–H and O–H groups in total. The van der Waals surface area contributed by atoms with Gasteiger partial charge in [-0.15, -0.1) is 0 Å². The van der Waals surface area contributed by atoms with E-state index in [2.05, 4.69) is 17.4 Å². The number of ether oxygens (including phenoxy) is 1. The Morgan fingerprint density at radius 3 is 2.63 bits per heavy atom. The summed E-state index contributed by atoms with van der Waals surface area (Å²) in [6, 6.07) is 7.94. The van der Waals surface area contributed by atoms with E-state index in [4.69, 9.17) is 9.26 Å². The molecule has 0 bridgehead atoms. The van der Waals surface area contributed by atoms with Gasteiger partial charge in [-0.3, -0.25) is 0 Å². The maximum Gasteiger partial charge on any atom is 0.171 e. The zero-order chi connectivity index (χ0) is 13.7. The summed E-state index contributed by atoms with van der Waals surface area (Å²) in [6.07, 6.45) is 1.01. The smallest absolute Gasteiger partial charge is 0.171 e. The molecule has 1 heterocycles. The van der Waals surface area contributed by atoms with Gasteiger partial charge in [-0.2, -0.15) is 0 Å². The highest BCUT2D eigenvalue weighted by molar-refractivity contribution is 5.62. The predicted octanol–water partition coefficient (Wildman–Crippen LogP) is 3.16. The molecule has 2 aromatic rings. The molecule has 0 saturated carbocycles. The molecule has 0 aliphatic carbocycles. The van der Waals surface area contributed by atoms with Crippen LogP contribution < -0.4 is 10.1 Å². The van der Waals surface area contributed by atoms with Gasteiger partial charge in [0.05, 0.1) is 12.3 Å². The lowest BCUT2D eigenvalue weighted by Crippen LogP contribution is -2.06. The molecule has 0 fully saturated rings. The summed E-state index contributed by atoms with van der Waals surface area (Å²) in [5.74, 6) is 1.71. The van der Waals surface area contributed by atoms with Crippen molar-refractivity contribution in [2.45, 2.75) is 26.8 Å². The zero-order valence-corrected chi connectivity index (χ0v) is 11.7. The molecule has 0 aliphatic heterocycles. The molecule has 0 spiro atoms. The van der Waals surface area contributed by atoms with Crippen LogP contribution in [0.1, 0.15) is 24.6 Å². The van der Waals surface area contributed by atoms with Crippen LogP contribution >= 0.6 is 0 Å². The number of hydrogen-bond donors (Lipinski definition) is 1. The Morgan fingerprint density at radius 1 is 1.26 bits per heavy atom. The molecule has 0 unspecified atom stereocenters. The van der Waals surface area contributed by atoms with Crippen molar-refractivity contribution in [2.75, 3.05) is 13.7 Å². The molecular formula is C15H20N2O2. The van der Waals surface area contributed by atoms with Crippen molar-refractivity contribution in [2.24, 2.45) is 0 Å². The summed E-state index contributed by atoms with van der Waals surface area (Å²) in [5, 5.41) is 7.17. The summed E-state index contributed by atoms with van der Waals surface area (Å²) in [6.45, 7) is 5.54. The van der Waals surface area contributed by atoms with Crippen molar-refractivity contribution < 1.29 is 9.26 Å². The van der Waals surface area contributed by atoms with Gasteiger partial charge < -0.3 is 14.6 Å². The molecule has 19 heavy (non-hydrogen) atoms. The van der Waals surface area contributed by atoms with Crippen LogP contribution in [0.5, 0.6) is 5.75 Å². The van der Waals surface area contributed by atoms with E-state index in [9.17, 15) is 0 Å². The lowest BCUT2D eigenvalue weighted by atomic mass is 10.1. The molecular weight excluding hydrogens is 240 g/mol. The molecule has 0 atom stereocenters. The number of aromatic nitrogens is 1. The van der Waals surface area contributed by atoms with E-state index in [1.54, 1.807) is 0 Å². The fourth-order valence-corrected chi connectivity index (χ4v) is 1.92. The van der Waals surface area contributed by atoms with Gasteiger partial charge in [0.2, 0.25) is 0 Å². The van der Waals surface area contributed by atoms with Crippen LogP contribution in [-0.4, -0.2) is 18.8 Å². The van der Waals surface area contributed by atoms with E-state index in [-0.39, 0.29) is 0 Å². The Balaban J connectivity index is 2.22. The highest BCUT2D eigenvalue weighted by Gasteiger charge is 2.14. The Labute approximate surface area is 113 Å². The lowest BCUT2D eigenvalue weighted by Gasteiger charge is -2.05. The standard InChI is InChI=1S/C15H20N2O2/c1-4-9-18-13-7-5-12(6-8-13)15-14(10-16-3)11(2)17-19-15/h5-8,16H,4,9-10H2,1-3H3. The minimum atomic E-state index is 0.742. The van der Waals surface area contributed by atoms with Crippen LogP contribution in [0, 0.1) is 6.92 Å². The Hall–Kier alpha value is -1.81. The summed E-state index contributed by atoms with van der Waals surface area (Å²) in [5.41, 5.74) is 3.05. The third-order valence-electron chi connectivity index (χ3n) is 2.93. The van der Waals surface area contributed by atoms with E-state index in [0.29, 0.717) is 0 Å². The van der Waals surface area contributed by atoms with Crippen molar-refractivity contribution in [1.29, 1.82) is 0 Å². The number of hydrogen-bond acceptors (Lipinski definition) is 4. The van der Waals surface area contributed by atoms with E-state index < -0.39 is 0 Å². The second kappa shape index (κ2) is 6.38. The van der Waals surface area contributed by atoms with Gasteiger partial charge in [0.1, 0.15) is 5.75 Å². The molecule has 0 aliphatic rings. The first-order valence-electron chi connectivity index (χ1n) is 6.59. The summed E-state index contributed by atoms with van der Waals surface area (Å²) < 4.78 is 11.0. The van der Waals surface area contributed by atoms with Crippen LogP contribution in [-0.2, 0) is 6.54 Å². The fourth-order valence-electron chi connectivity index (χ4n) is 1.92. The van der Waals surface area contributed by atoms with Gasteiger partial charge in [-0.05, 0) is 44.7 Å². The minimum absolute atomic E-state index is 0.742. The normalized spacial score (nSPS) is 10.7. The van der Waals surface area contributed by atoms with Crippen molar-refractivity contribution in [3.63, 3.8) is 0 Å². The van der Waals surface area contributed by atoms with Gasteiger partial charge in [0, 0.05) is 17.7 Å². The highest BCUT2D eigenvalue weighted by Crippen LogP contribution is 2.27. The average Bonchev–Trinajstić information content (AvgIpc) is 2.79. The third-order valence-corrected chi connectivity index (χ3v) is 2.93. The Bertz CT molecular complexity index is 517. The van der Waals surface area contributed by atoms with Gasteiger partial charge >= 0.3 is 0 Å². The van der Waals surface area contributed by atoms with Gasteiger partial charge in [-0.1, -0.05) is 12.1 Å². The molecule has 0 amide bonds. The van der Waals surface area contributed by atoms with Crippen LogP contribution in [0.25, 0.3) is 11.3 Å². The van der Waals surface area contributed by atoms with Crippen LogP contribution in [0.2, 0.25) is 0 Å². The van der Waals surface area contributed by atoms with Crippen LogP contribution in [0.3, 0.4) is 0 Å². The first-order chi connectivity index (χ1) is 9.26. The van der Waals surface area contributed by atoms with Crippen LogP contribution in [0.4, 0.5) is 0 Å². The molecule has 4 heteroatoms. The molecule has 1 aromatic heterocycles. The van der Waals surface area contributed by atoms with E-state index >= 15 is 0 Å². The number of aryl methyl sites for hydroxylation is 1. The first kappa shape index (κ1) is 13.6. The molecule has 2 rings (SSSR count). The summed E-state index contributed by atoms with van der Waals surface area (Å²) in [7, 11) is 1.91. The fraction of sp³-hybridized carbons (Fsp3) is 0.400. The van der Waals surface area contributed by atoms with Crippen molar-refractivity contribution >= 4 is 0 Å². The SMILES string of the molecule is CCCOc1ccc(-c2onc(C)c2CNC)cc1. The molecule has 4 nitrogen and oxygen atoms in total. The quantitative estimate of drug-likeness (QED) is 0.866. The van der Waals surface area contributed by atoms with Gasteiger partial charge in [-0.25, -0.2) is 0 Å². The second-order valence-corrected chi connectivity index (χ2v) is 4.48. The zero-order valence-electron chi connectivity index (χ0n) is 11.7. The summed E-state index contributed by atoms with van der Waals surface area (Å²) >= 11 is 0. The Kier molecular flexibility index (Phi) is 4.58. The Morgan fingerprint density at radius 2 is 2.00 bits per heavy atom. The second-order valence-electron chi connectivity index (χ2n) is 4.48. The van der Waals surface area contributed by atoms with E-state index in [1.165, 1.54) is 0 Å². The molecule has 0 radical (unpaired) electrons. The number of rotatable bonds is 6. The monoisotopic (exact) mass is 260 g/mol. The third kappa shape index (κ3) is 3.15. The number of benzene rings is 1. The molecule has 0 saturated heterocycles. The predicted molar refractivity (Wildman–Crippen MR) is 75.2 cm³/mol. The van der Waals surface area contributed by atoms with Gasteiger partial charge in [0.15, 0.2) is 5.76 Å². The minimum Gasteiger partial charge on any atom is -0.494 e. The molecule has 102 valence electrons. The summed E-state index contributed by atoms with van der Waals surface area (Å²) in [4.78, 5) is 0. The van der Waals surface area contributed by atoms with E-state index in [0.717, 1.165) is 47.9 Å². The number of nitrogens with one attached hydrogen (secondary N) is 1. The molecule has 1 aromatic carbocycles. The average molecular weight is 260 g/mol. The van der Waals surface area contributed by atoms with Crippen LogP contribution in [0.15, 0.2) is 28.8 Å². The van der Waals surface area contributed by atoms with Crippen molar-refractivity contribution in [1.82, 2.24) is 10.5 Å². The largest absolute Gasteiger partial charge is 0.494 e. The van der Waals surface area contributed by atoms with E-state index in [1.807, 2.05) is 38.2 Å². The van der Waals surface area contributed by atoms with Gasteiger partial charge in [0.25, 0.3) is 0 Å². The lowest BCUT2D eigenvalue weighted by molar-refractivity contribution is 0.317. The first-order valence-corrected chi connectivity index (χ1v) is 6.59. The highest BCUT2D eigenvalue weighted by atomic mass is 16.5. The number of nitrogens with zero attached hydrogens (tertiary/aromatic N) is 1. The van der Waals surface area contributed by atoms with Crippen molar-refractivity contribution in [3.8, 4) is 17.1 Å². The van der Waals surface area contributed by atoms with Crippen molar-refractivity contribution in [3.05, 3.63) is 35.5 Å². The maximum atomic E-state index is 5.57. The maximum absolute atomic E-state index is 5.57. The topological polar surface area (TPSA) is 47.3 Å².